The molecule has 2 aliphatic rings. The van der Waals surface area contributed by atoms with Crippen LogP contribution in [0.3, 0.4) is 0 Å². The normalized spacial score (nSPS) is 22.1. The lowest BCUT2D eigenvalue weighted by Gasteiger charge is -2.21. The van der Waals surface area contributed by atoms with Gasteiger partial charge in [-0.3, -0.25) is 9.69 Å². The summed E-state index contributed by atoms with van der Waals surface area (Å²) in [6.07, 6.45) is 1.68. The molecule has 11 heteroatoms. The number of hydrogen-bond donors (Lipinski definition) is 2. The third-order valence-electron chi connectivity index (χ3n) is 4.42. The lowest BCUT2D eigenvalue weighted by Crippen LogP contribution is -2.38. The highest BCUT2D eigenvalue weighted by Gasteiger charge is 2.30. The van der Waals surface area contributed by atoms with Crippen molar-refractivity contribution in [3.05, 3.63) is 17.5 Å². The maximum atomic E-state index is 12.3. The van der Waals surface area contributed by atoms with Gasteiger partial charge < -0.3 is 14.5 Å². The summed E-state index contributed by atoms with van der Waals surface area (Å²) in [6, 6.07) is 0. The number of β-amino-alcohol motifs (C(OH)–C–C–N with tert-alkyl or cyclic N) is 1. The molecule has 1 atom stereocenters. The molecule has 0 radical (unpaired) electrons. The number of carbonyl (C=O) groups is 1. The molecule has 1 saturated carbocycles. The SMILES string of the molecule is O=C(Cc1nn[nH]n1)N1CCN(Cc2nc(C3CC3)no2)C[C@H](O)C1. The quantitative estimate of drug-likeness (QED) is 0.676. The van der Waals surface area contributed by atoms with Crippen molar-refractivity contribution in [3.63, 3.8) is 0 Å². The topological polar surface area (TPSA) is 137 Å². The zero-order chi connectivity index (χ0) is 17.2. The van der Waals surface area contributed by atoms with Crippen LogP contribution in [0.4, 0.5) is 0 Å². The molecule has 1 aliphatic heterocycles. The molecule has 0 aromatic carbocycles. The van der Waals surface area contributed by atoms with Crippen molar-refractivity contribution >= 4 is 5.91 Å². The van der Waals surface area contributed by atoms with Crippen molar-refractivity contribution in [1.82, 2.24) is 40.6 Å². The van der Waals surface area contributed by atoms with Gasteiger partial charge in [0.1, 0.15) is 0 Å². The number of aliphatic hydroxyl groups is 1. The molecule has 134 valence electrons. The summed E-state index contributed by atoms with van der Waals surface area (Å²) in [5.74, 6) is 2.00. The Labute approximate surface area is 143 Å². The highest BCUT2D eigenvalue weighted by molar-refractivity contribution is 5.78. The molecule has 2 N–H and O–H groups in total. The van der Waals surface area contributed by atoms with E-state index in [4.69, 9.17) is 4.52 Å². The van der Waals surface area contributed by atoms with Crippen LogP contribution in [0.1, 0.15) is 36.3 Å². The second-order valence-electron chi connectivity index (χ2n) is 6.55. The van der Waals surface area contributed by atoms with Crippen molar-refractivity contribution in [2.75, 3.05) is 26.2 Å². The molecule has 4 rings (SSSR count). The van der Waals surface area contributed by atoms with Gasteiger partial charge in [0.15, 0.2) is 11.6 Å². The van der Waals surface area contributed by atoms with Crippen LogP contribution < -0.4 is 0 Å². The minimum atomic E-state index is -0.637. The minimum absolute atomic E-state index is 0.0671. The third-order valence-corrected chi connectivity index (χ3v) is 4.42. The number of aliphatic hydroxyl groups excluding tert-OH is 1. The second-order valence-corrected chi connectivity index (χ2v) is 6.55. The van der Waals surface area contributed by atoms with Crippen LogP contribution in [0.2, 0.25) is 0 Å². The smallest absolute Gasteiger partial charge is 0.240 e. The van der Waals surface area contributed by atoms with Gasteiger partial charge in [0.05, 0.1) is 19.1 Å². The Morgan fingerprint density at radius 1 is 1.32 bits per heavy atom. The molecule has 0 spiro atoms. The fraction of sp³-hybridized carbons (Fsp3) is 0.714. The summed E-state index contributed by atoms with van der Waals surface area (Å²) in [5.41, 5.74) is 0. The van der Waals surface area contributed by atoms with E-state index in [0.29, 0.717) is 43.8 Å². The van der Waals surface area contributed by atoms with Crippen molar-refractivity contribution in [2.45, 2.75) is 37.8 Å². The summed E-state index contributed by atoms with van der Waals surface area (Å²) in [7, 11) is 0. The Kier molecular flexibility index (Phi) is 4.40. The number of aromatic amines is 1. The number of carbonyl (C=O) groups excluding carboxylic acids is 1. The Hall–Kier alpha value is -2.40. The lowest BCUT2D eigenvalue weighted by molar-refractivity contribution is -0.131. The molecular formula is C14H20N8O3. The fourth-order valence-electron chi connectivity index (χ4n) is 2.96. The van der Waals surface area contributed by atoms with E-state index >= 15 is 0 Å². The van der Waals surface area contributed by atoms with Gasteiger partial charge in [0.25, 0.3) is 0 Å². The van der Waals surface area contributed by atoms with E-state index in [9.17, 15) is 9.90 Å². The van der Waals surface area contributed by atoms with E-state index < -0.39 is 6.10 Å². The molecule has 11 nitrogen and oxygen atoms in total. The Morgan fingerprint density at radius 3 is 2.96 bits per heavy atom. The average molecular weight is 348 g/mol. The number of nitrogens with zero attached hydrogens (tertiary/aromatic N) is 7. The maximum absolute atomic E-state index is 12.3. The summed E-state index contributed by atoms with van der Waals surface area (Å²) < 4.78 is 5.30. The second kappa shape index (κ2) is 6.84. The predicted molar refractivity (Wildman–Crippen MR) is 82.0 cm³/mol. The number of hydrogen-bond acceptors (Lipinski definition) is 9. The van der Waals surface area contributed by atoms with Gasteiger partial charge in [-0.15, -0.1) is 10.2 Å². The summed E-state index contributed by atoms with van der Waals surface area (Å²) in [5, 5.41) is 27.6. The van der Waals surface area contributed by atoms with Gasteiger partial charge in [-0.05, 0) is 12.8 Å². The van der Waals surface area contributed by atoms with Gasteiger partial charge in [-0.25, -0.2) is 0 Å². The number of aromatic nitrogens is 6. The first kappa shape index (κ1) is 16.1. The zero-order valence-electron chi connectivity index (χ0n) is 13.7. The Bertz CT molecular complexity index is 713. The van der Waals surface area contributed by atoms with Crippen molar-refractivity contribution in [3.8, 4) is 0 Å². The number of amides is 1. The number of rotatable bonds is 5. The first-order valence-corrected chi connectivity index (χ1v) is 8.40. The average Bonchev–Trinajstić information content (AvgIpc) is 3.18. The first-order chi connectivity index (χ1) is 12.2. The molecular weight excluding hydrogens is 328 g/mol. The van der Waals surface area contributed by atoms with Gasteiger partial charge in [0, 0.05) is 32.1 Å². The van der Waals surface area contributed by atoms with Gasteiger partial charge >= 0.3 is 0 Å². The van der Waals surface area contributed by atoms with Crippen molar-refractivity contribution in [1.29, 1.82) is 0 Å². The minimum Gasteiger partial charge on any atom is -0.390 e. The van der Waals surface area contributed by atoms with E-state index in [1.54, 1.807) is 4.90 Å². The van der Waals surface area contributed by atoms with Crippen LogP contribution in [-0.2, 0) is 17.8 Å². The van der Waals surface area contributed by atoms with Crippen molar-refractivity contribution < 1.29 is 14.4 Å². The van der Waals surface area contributed by atoms with Crippen LogP contribution in [0.15, 0.2) is 4.52 Å². The zero-order valence-corrected chi connectivity index (χ0v) is 13.7. The number of tetrazole rings is 1. The molecule has 0 bridgehead atoms. The lowest BCUT2D eigenvalue weighted by atomic mass is 10.3. The standard InChI is InChI=1S/C14H20N8O3/c23-10-6-21(8-12-15-14(18-25-12)9-1-2-9)3-4-22(7-10)13(24)5-11-16-19-20-17-11/h9-10,23H,1-8H2,(H,16,17,19,20)/t10-/m0/s1. The van der Waals surface area contributed by atoms with E-state index in [0.717, 1.165) is 18.7 Å². The van der Waals surface area contributed by atoms with Gasteiger partial charge in [0.2, 0.25) is 11.8 Å². The largest absolute Gasteiger partial charge is 0.390 e. The predicted octanol–water partition coefficient (Wildman–Crippen LogP) is -1.29. The summed E-state index contributed by atoms with van der Waals surface area (Å²) in [6.45, 7) is 2.34. The highest BCUT2D eigenvalue weighted by Crippen LogP contribution is 2.38. The highest BCUT2D eigenvalue weighted by atomic mass is 16.5. The maximum Gasteiger partial charge on any atom is 0.240 e. The van der Waals surface area contributed by atoms with Crippen LogP contribution in [0.25, 0.3) is 0 Å². The van der Waals surface area contributed by atoms with Gasteiger partial charge in [-0.2, -0.15) is 10.2 Å². The van der Waals surface area contributed by atoms with Crippen LogP contribution in [-0.4, -0.2) is 83.9 Å². The van der Waals surface area contributed by atoms with E-state index in [1.165, 1.54) is 0 Å². The molecule has 1 saturated heterocycles. The van der Waals surface area contributed by atoms with Crippen molar-refractivity contribution in [2.24, 2.45) is 0 Å². The van der Waals surface area contributed by atoms with E-state index in [-0.39, 0.29) is 18.9 Å². The molecule has 2 fully saturated rings. The number of nitrogens with one attached hydrogen (secondary N) is 1. The Balaban J connectivity index is 1.34. The van der Waals surface area contributed by atoms with Crippen LogP contribution in [0, 0.1) is 0 Å². The molecule has 1 amide bonds. The van der Waals surface area contributed by atoms with E-state index in [1.807, 2.05) is 4.90 Å². The molecule has 0 unspecified atom stereocenters. The Morgan fingerprint density at radius 2 is 2.20 bits per heavy atom. The fourth-order valence-corrected chi connectivity index (χ4v) is 2.96. The summed E-state index contributed by atoms with van der Waals surface area (Å²) in [4.78, 5) is 20.4. The molecule has 3 heterocycles. The third kappa shape index (κ3) is 3.99. The summed E-state index contributed by atoms with van der Waals surface area (Å²) >= 11 is 0. The molecule has 25 heavy (non-hydrogen) atoms. The number of H-pyrrole nitrogens is 1. The van der Waals surface area contributed by atoms with Crippen LogP contribution >= 0.6 is 0 Å². The molecule has 1 aliphatic carbocycles. The van der Waals surface area contributed by atoms with E-state index in [2.05, 4.69) is 30.8 Å². The van der Waals surface area contributed by atoms with Crippen LogP contribution in [0.5, 0.6) is 0 Å². The molecule has 2 aromatic rings. The first-order valence-electron chi connectivity index (χ1n) is 8.40. The molecule has 2 aromatic heterocycles. The van der Waals surface area contributed by atoms with Gasteiger partial charge in [-0.1, -0.05) is 10.4 Å². The monoisotopic (exact) mass is 348 g/mol.